The standard InChI is InChI=1S/C28H34N6O3S/c1-28(2,3)34-8-7-20(17-34)26(36)29-14-25(35)31-27-30-23(18-38-27)19-5-6-24-22(13-19)21(15-32(24)4)16-33-9-11-37-12-10-33/h5-8,13,15,17-18H,9-12,14,16H2,1-4H3,(H,29,36)(H,30,31,35). The molecule has 0 unspecified atom stereocenters. The quantitative estimate of drug-likeness (QED) is 0.373. The fourth-order valence-corrected chi connectivity index (χ4v) is 5.33. The fraction of sp³-hybridized carbons (Fsp3) is 0.393. The lowest BCUT2D eigenvalue weighted by atomic mass is 10.1. The number of morpholine rings is 1. The van der Waals surface area contributed by atoms with Crippen LogP contribution in [0.2, 0.25) is 0 Å². The summed E-state index contributed by atoms with van der Waals surface area (Å²) in [7, 11) is 2.07. The van der Waals surface area contributed by atoms with E-state index >= 15 is 0 Å². The number of hydrogen-bond acceptors (Lipinski definition) is 6. The van der Waals surface area contributed by atoms with E-state index in [1.54, 1.807) is 12.3 Å². The van der Waals surface area contributed by atoms with Gasteiger partial charge in [-0.2, -0.15) is 0 Å². The van der Waals surface area contributed by atoms with Gasteiger partial charge >= 0.3 is 0 Å². The van der Waals surface area contributed by atoms with Crippen LogP contribution in [0.5, 0.6) is 0 Å². The predicted octanol–water partition coefficient (Wildman–Crippen LogP) is 4.06. The first kappa shape index (κ1) is 26.1. The monoisotopic (exact) mass is 534 g/mol. The molecule has 1 saturated heterocycles. The molecule has 5 rings (SSSR count). The first-order chi connectivity index (χ1) is 18.2. The summed E-state index contributed by atoms with van der Waals surface area (Å²) in [4.78, 5) is 32.0. The highest BCUT2D eigenvalue weighted by Crippen LogP contribution is 2.30. The molecule has 0 atom stereocenters. The molecule has 0 radical (unpaired) electrons. The number of hydrogen-bond donors (Lipinski definition) is 2. The number of amides is 2. The molecule has 1 aromatic carbocycles. The molecule has 1 aliphatic heterocycles. The van der Waals surface area contributed by atoms with Crippen molar-refractivity contribution in [3.8, 4) is 11.3 Å². The molecule has 200 valence electrons. The van der Waals surface area contributed by atoms with Crippen molar-refractivity contribution < 1.29 is 14.3 Å². The number of anilines is 1. The van der Waals surface area contributed by atoms with Crippen LogP contribution in [0, 0.1) is 0 Å². The van der Waals surface area contributed by atoms with Gasteiger partial charge < -0.3 is 24.5 Å². The minimum absolute atomic E-state index is 0.117. The second-order valence-electron chi connectivity index (χ2n) is 10.6. The van der Waals surface area contributed by atoms with Gasteiger partial charge in [-0.15, -0.1) is 11.3 Å². The smallest absolute Gasteiger partial charge is 0.253 e. The third-order valence-corrected chi connectivity index (χ3v) is 7.51. The van der Waals surface area contributed by atoms with Crippen LogP contribution < -0.4 is 10.6 Å². The number of carbonyl (C=O) groups excluding carboxylic acids is 2. The minimum Gasteiger partial charge on any atom is -0.379 e. The van der Waals surface area contributed by atoms with Crippen molar-refractivity contribution >= 4 is 39.2 Å². The maximum atomic E-state index is 12.5. The van der Waals surface area contributed by atoms with E-state index in [-0.39, 0.29) is 23.9 Å². The topological polar surface area (TPSA) is 93.4 Å². The minimum atomic E-state index is -0.319. The molecule has 38 heavy (non-hydrogen) atoms. The van der Waals surface area contributed by atoms with Crippen molar-refractivity contribution in [2.75, 3.05) is 38.2 Å². The summed E-state index contributed by atoms with van der Waals surface area (Å²) >= 11 is 1.37. The molecule has 2 amide bonds. The third kappa shape index (κ3) is 5.82. The lowest BCUT2D eigenvalue weighted by molar-refractivity contribution is -0.115. The summed E-state index contributed by atoms with van der Waals surface area (Å²) in [5.41, 5.74) is 4.67. The normalized spacial score (nSPS) is 14.6. The van der Waals surface area contributed by atoms with Crippen LogP contribution in [0.25, 0.3) is 22.2 Å². The zero-order valence-corrected chi connectivity index (χ0v) is 23.1. The number of ether oxygens (including phenoxy) is 1. The van der Waals surface area contributed by atoms with Gasteiger partial charge in [0.05, 0.1) is 31.0 Å². The molecule has 4 aromatic rings. The second-order valence-corrected chi connectivity index (χ2v) is 11.5. The van der Waals surface area contributed by atoms with Crippen molar-refractivity contribution in [1.29, 1.82) is 0 Å². The van der Waals surface area contributed by atoms with E-state index in [2.05, 4.69) is 77.3 Å². The van der Waals surface area contributed by atoms with Crippen LogP contribution in [0.15, 0.2) is 48.2 Å². The highest BCUT2D eigenvalue weighted by molar-refractivity contribution is 7.14. The Labute approximate surface area is 226 Å². The zero-order chi connectivity index (χ0) is 26.9. The highest BCUT2D eigenvalue weighted by atomic mass is 32.1. The van der Waals surface area contributed by atoms with Crippen molar-refractivity contribution in [1.82, 2.24) is 24.3 Å². The molecule has 1 fully saturated rings. The number of fused-ring (bicyclic) bond motifs is 1. The maximum Gasteiger partial charge on any atom is 0.253 e. The second kappa shape index (κ2) is 10.7. The zero-order valence-electron chi connectivity index (χ0n) is 22.3. The van der Waals surface area contributed by atoms with Gasteiger partial charge in [0.2, 0.25) is 5.91 Å². The lowest BCUT2D eigenvalue weighted by Crippen LogP contribution is -2.35. The number of carbonyl (C=O) groups is 2. The van der Waals surface area contributed by atoms with E-state index in [0.717, 1.165) is 44.1 Å². The summed E-state index contributed by atoms with van der Waals surface area (Å²) in [6.07, 6.45) is 5.85. The molecule has 0 spiro atoms. The Balaban J connectivity index is 1.22. The molecule has 4 heterocycles. The van der Waals surface area contributed by atoms with Gasteiger partial charge in [0.25, 0.3) is 5.91 Å². The molecule has 10 heteroatoms. The van der Waals surface area contributed by atoms with Crippen LogP contribution in [-0.2, 0) is 28.7 Å². The number of benzene rings is 1. The Morgan fingerprint density at radius 3 is 2.66 bits per heavy atom. The fourth-order valence-electron chi connectivity index (χ4n) is 4.60. The molecular weight excluding hydrogens is 500 g/mol. The van der Waals surface area contributed by atoms with Crippen LogP contribution >= 0.6 is 11.3 Å². The molecule has 3 aromatic heterocycles. The van der Waals surface area contributed by atoms with Crippen molar-refractivity contribution in [3.63, 3.8) is 0 Å². The molecule has 0 aliphatic carbocycles. The van der Waals surface area contributed by atoms with E-state index in [9.17, 15) is 9.59 Å². The third-order valence-electron chi connectivity index (χ3n) is 6.76. The molecule has 1 aliphatic rings. The Morgan fingerprint density at radius 1 is 1.13 bits per heavy atom. The molecule has 0 saturated carbocycles. The lowest BCUT2D eigenvalue weighted by Gasteiger charge is -2.26. The van der Waals surface area contributed by atoms with E-state index in [0.29, 0.717) is 10.7 Å². The average molecular weight is 535 g/mol. The maximum absolute atomic E-state index is 12.5. The van der Waals surface area contributed by atoms with Gasteiger partial charge in [-0.05, 0) is 44.5 Å². The van der Waals surface area contributed by atoms with Gasteiger partial charge in [0.15, 0.2) is 5.13 Å². The molecule has 2 N–H and O–H groups in total. The first-order valence-corrected chi connectivity index (χ1v) is 13.7. The van der Waals surface area contributed by atoms with Crippen LogP contribution in [0.1, 0.15) is 36.7 Å². The molecule has 9 nitrogen and oxygen atoms in total. The summed E-state index contributed by atoms with van der Waals surface area (Å²) in [6.45, 7) is 10.4. The van der Waals surface area contributed by atoms with Gasteiger partial charge in [-0.25, -0.2) is 4.98 Å². The van der Waals surface area contributed by atoms with Crippen molar-refractivity contribution in [2.24, 2.45) is 7.05 Å². The van der Waals surface area contributed by atoms with Crippen LogP contribution in [0.4, 0.5) is 5.13 Å². The molecule has 0 bridgehead atoms. The van der Waals surface area contributed by atoms with Gasteiger partial charge in [0, 0.05) is 72.7 Å². The van der Waals surface area contributed by atoms with E-state index in [4.69, 9.17) is 4.74 Å². The first-order valence-electron chi connectivity index (χ1n) is 12.8. The van der Waals surface area contributed by atoms with Crippen LogP contribution in [0.3, 0.4) is 0 Å². The van der Waals surface area contributed by atoms with E-state index in [1.807, 2.05) is 16.1 Å². The number of thiazole rings is 1. The Bertz CT molecular complexity index is 1450. The Kier molecular flexibility index (Phi) is 7.38. The summed E-state index contributed by atoms with van der Waals surface area (Å²) in [5.74, 6) is -0.604. The molecular formula is C28H34N6O3S. The Morgan fingerprint density at radius 2 is 1.92 bits per heavy atom. The largest absolute Gasteiger partial charge is 0.379 e. The number of rotatable bonds is 7. The predicted molar refractivity (Wildman–Crippen MR) is 151 cm³/mol. The summed E-state index contributed by atoms with van der Waals surface area (Å²) in [6, 6.07) is 8.11. The summed E-state index contributed by atoms with van der Waals surface area (Å²) in [5, 5.41) is 9.13. The number of aryl methyl sites for hydroxylation is 1. The number of nitrogens with zero attached hydrogens (tertiary/aromatic N) is 4. The van der Waals surface area contributed by atoms with E-state index in [1.165, 1.54) is 27.8 Å². The highest BCUT2D eigenvalue weighted by Gasteiger charge is 2.17. The number of aromatic nitrogens is 3. The van der Waals surface area contributed by atoms with E-state index < -0.39 is 0 Å². The van der Waals surface area contributed by atoms with Crippen LogP contribution in [-0.4, -0.2) is 63.7 Å². The average Bonchev–Trinajstić information content (AvgIpc) is 3.63. The SMILES string of the molecule is Cn1cc(CN2CCOCC2)c2cc(-c3csc(NC(=O)CNC(=O)c4ccn(C(C)(C)C)c4)n3)ccc21. The van der Waals surface area contributed by atoms with Gasteiger partial charge in [0.1, 0.15) is 0 Å². The van der Waals surface area contributed by atoms with Gasteiger partial charge in [-0.1, -0.05) is 6.07 Å². The van der Waals surface area contributed by atoms with Crippen molar-refractivity contribution in [3.05, 3.63) is 59.4 Å². The summed E-state index contributed by atoms with van der Waals surface area (Å²) < 4.78 is 9.62. The number of nitrogens with one attached hydrogen (secondary N) is 2. The Hall–Kier alpha value is -3.47. The van der Waals surface area contributed by atoms with Crippen molar-refractivity contribution in [2.45, 2.75) is 32.9 Å². The van der Waals surface area contributed by atoms with Gasteiger partial charge in [-0.3, -0.25) is 14.5 Å².